The summed E-state index contributed by atoms with van der Waals surface area (Å²) in [6.07, 6.45) is 1.77. The van der Waals surface area contributed by atoms with E-state index in [-0.39, 0.29) is 6.42 Å². The maximum absolute atomic E-state index is 10.6. The van der Waals surface area contributed by atoms with Crippen LogP contribution in [-0.2, 0) is 11.2 Å². The number of carboxylic acids is 1. The lowest BCUT2D eigenvalue weighted by molar-refractivity contribution is -0.136. The predicted octanol–water partition coefficient (Wildman–Crippen LogP) is 2.44. The number of hydrogen-bond donors (Lipinski definition) is 1. The molecule has 0 fully saturated rings. The number of thiophene rings is 1. The summed E-state index contributed by atoms with van der Waals surface area (Å²) < 4.78 is 0. The van der Waals surface area contributed by atoms with Crippen LogP contribution in [-0.4, -0.2) is 16.1 Å². The third kappa shape index (κ3) is 2.22. The maximum Gasteiger partial charge on any atom is 0.308 e. The second-order valence-electron chi connectivity index (χ2n) is 3.04. The van der Waals surface area contributed by atoms with Gasteiger partial charge in [-0.05, 0) is 23.6 Å². The predicted molar refractivity (Wildman–Crippen MR) is 58.9 cm³/mol. The molecule has 1 N–H and O–H groups in total. The highest BCUT2D eigenvalue weighted by molar-refractivity contribution is 7.10. The Morgan fingerprint density at radius 1 is 1.40 bits per heavy atom. The lowest BCUT2D eigenvalue weighted by Crippen LogP contribution is -1.99. The number of aliphatic carboxylic acids is 1. The van der Waals surface area contributed by atoms with Gasteiger partial charge >= 0.3 is 5.97 Å². The van der Waals surface area contributed by atoms with E-state index in [0.29, 0.717) is 0 Å². The number of hydrogen-bond acceptors (Lipinski definition) is 3. The molecule has 0 amide bonds. The van der Waals surface area contributed by atoms with Crippen molar-refractivity contribution in [3.63, 3.8) is 0 Å². The second-order valence-corrected chi connectivity index (χ2v) is 4.04. The van der Waals surface area contributed by atoms with Crippen molar-refractivity contribution >= 4 is 17.3 Å². The van der Waals surface area contributed by atoms with Gasteiger partial charge < -0.3 is 5.11 Å². The fourth-order valence-electron chi connectivity index (χ4n) is 1.37. The molecule has 0 unspecified atom stereocenters. The van der Waals surface area contributed by atoms with Crippen molar-refractivity contribution in [3.8, 4) is 11.3 Å². The van der Waals surface area contributed by atoms with Gasteiger partial charge in [0.1, 0.15) is 0 Å². The minimum absolute atomic E-state index is 0.0591. The van der Waals surface area contributed by atoms with Gasteiger partial charge in [-0.2, -0.15) is 0 Å². The highest BCUT2D eigenvalue weighted by atomic mass is 32.1. The molecule has 76 valence electrons. The van der Waals surface area contributed by atoms with Crippen LogP contribution >= 0.6 is 11.3 Å². The standard InChI is InChI=1S/C11H9NO2S/c13-11(14)7-10-8(4-6-15-10)9-3-1-2-5-12-9/h1-6H,7H2,(H,13,14). The second kappa shape index (κ2) is 4.23. The zero-order valence-electron chi connectivity index (χ0n) is 7.88. The lowest BCUT2D eigenvalue weighted by atomic mass is 10.1. The van der Waals surface area contributed by atoms with E-state index in [0.717, 1.165) is 16.1 Å². The quantitative estimate of drug-likeness (QED) is 0.862. The van der Waals surface area contributed by atoms with Crippen LogP contribution in [0.5, 0.6) is 0 Å². The molecule has 0 saturated carbocycles. The SMILES string of the molecule is O=C(O)Cc1sccc1-c1ccccn1. The molecule has 0 aliphatic heterocycles. The van der Waals surface area contributed by atoms with E-state index in [1.165, 1.54) is 11.3 Å². The summed E-state index contributed by atoms with van der Waals surface area (Å²) in [5.41, 5.74) is 1.75. The van der Waals surface area contributed by atoms with E-state index in [2.05, 4.69) is 4.98 Å². The van der Waals surface area contributed by atoms with Crippen LogP contribution in [0.25, 0.3) is 11.3 Å². The maximum atomic E-state index is 10.6. The van der Waals surface area contributed by atoms with Crippen LogP contribution in [0.4, 0.5) is 0 Å². The Balaban J connectivity index is 2.37. The lowest BCUT2D eigenvalue weighted by Gasteiger charge is -1.99. The number of nitrogens with zero attached hydrogens (tertiary/aromatic N) is 1. The van der Waals surface area contributed by atoms with Crippen LogP contribution in [0.15, 0.2) is 35.8 Å². The number of pyridine rings is 1. The van der Waals surface area contributed by atoms with E-state index < -0.39 is 5.97 Å². The van der Waals surface area contributed by atoms with Crippen molar-refractivity contribution in [1.29, 1.82) is 0 Å². The first-order valence-electron chi connectivity index (χ1n) is 4.47. The molecule has 0 bridgehead atoms. The summed E-state index contributed by atoms with van der Waals surface area (Å²) in [5.74, 6) is -0.811. The molecule has 2 aromatic heterocycles. The molecule has 0 atom stereocenters. The molecule has 2 heterocycles. The molecule has 0 aromatic carbocycles. The van der Waals surface area contributed by atoms with Gasteiger partial charge in [0.05, 0.1) is 12.1 Å². The molecule has 0 saturated heterocycles. The number of rotatable bonds is 3. The van der Waals surface area contributed by atoms with Crippen LogP contribution < -0.4 is 0 Å². The zero-order chi connectivity index (χ0) is 10.7. The average molecular weight is 219 g/mol. The molecule has 15 heavy (non-hydrogen) atoms. The zero-order valence-corrected chi connectivity index (χ0v) is 8.70. The van der Waals surface area contributed by atoms with Crippen molar-refractivity contribution < 1.29 is 9.90 Å². The Hall–Kier alpha value is -1.68. The molecule has 4 heteroatoms. The van der Waals surface area contributed by atoms with E-state index in [9.17, 15) is 4.79 Å². The van der Waals surface area contributed by atoms with Crippen molar-refractivity contribution in [2.45, 2.75) is 6.42 Å². The highest BCUT2D eigenvalue weighted by Gasteiger charge is 2.10. The van der Waals surface area contributed by atoms with Gasteiger partial charge in [-0.25, -0.2) is 0 Å². The van der Waals surface area contributed by atoms with Crippen LogP contribution in [0.2, 0.25) is 0 Å². The smallest absolute Gasteiger partial charge is 0.308 e. The van der Waals surface area contributed by atoms with Gasteiger partial charge in [-0.1, -0.05) is 6.07 Å². The molecule has 2 rings (SSSR count). The fraction of sp³-hybridized carbons (Fsp3) is 0.0909. The van der Waals surface area contributed by atoms with Gasteiger partial charge in [0.2, 0.25) is 0 Å². The minimum atomic E-state index is -0.811. The normalized spacial score (nSPS) is 10.1. The molecular formula is C11H9NO2S. The van der Waals surface area contributed by atoms with E-state index in [4.69, 9.17) is 5.11 Å². The van der Waals surface area contributed by atoms with Crippen LogP contribution in [0.3, 0.4) is 0 Å². The van der Waals surface area contributed by atoms with Crippen molar-refractivity contribution in [2.75, 3.05) is 0 Å². The Bertz CT molecular complexity index is 464. The number of carboxylic acid groups (broad SMARTS) is 1. The molecule has 0 aliphatic rings. The Kier molecular flexibility index (Phi) is 2.78. The molecule has 2 aromatic rings. The third-order valence-electron chi connectivity index (χ3n) is 2.00. The van der Waals surface area contributed by atoms with Gasteiger partial charge in [0.15, 0.2) is 0 Å². The molecule has 0 radical (unpaired) electrons. The Labute approximate surface area is 91.0 Å². The number of carbonyl (C=O) groups is 1. The summed E-state index contributed by atoms with van der Waals surface area (Å²) in [5, 5.41) is 10.6. The number of aromatic nitrogens is 1. The first-order chi connectivity index (χ1) is 7.27. The van der Waals surface area contributed by atoms with Crippen LogP contribution in [0.1, 0.15) is 4.88 Å². The van der Waals surface area contributed by atoms with E-state index in [1.807, 2.05) is 29.6 Å². The van der Waals surface area contributed by atoms with Crippen molar-refractivity contribution in [2.24, 2.45) is 0 Å². The van der Waals surface area contributed by atoms with Gasteiger partial charge in [0, 0.05) is 16.6 Å². The third-order valence-corrected chi connectivity index (χ3v) is 2.92. The van der Waals surface area contributed by atoms with Crippen molar-refractivity contribution in [3.05, 3.63) is 40.7 Å². The molecule has 0 spiro atoms. The summed E-state index contributed by atoms with van der Waals surface area (Å²) in [4.78, 5) is 15.7. The first kappa shape index (κ1) is 9.86. The van der Waals surface area contributed by atoms with Gasteiger partial charge in [-0.3, -0.25) is 9.78 Å². The molecular weight excluding hydrogens is 210 g/mol. The van der Waals surface area contributed by atoms with Gasteiger partial charge in [-0.15, -0.1) is 11.3 Å². The summed E-state index contributed by atoms with van der Waals surface area (Å²) in [7, 11) is 0. The van der Waals surface area contributed by atoms with Crippen LogP contribution in [0, 0.1) is 0 Å². The summed E-state index contributed by atoms with van der Waals surface area (Å²) in [6.45, 7) is 0. The monoisotopic (exact) mass is 219 g/mol. The summed E-state index contributed by atoms with van der Waals surface area (Å²) in [6, 6.07) is 7.52. The topological polar surface area (TPSA) is 50.2 Å². The summed E-state index contributed by atoms with van der Waals surface area (Å²) >= 11 is 1.45. The Morgan fingerprint density at radius 2 is 2.27 bits per heavy atom. The molecule has 0 aliphatic carbocycles. The fourth-order valence-corrected chi connectivity index (χ4v) is 2.24. The first-order valence-corrected chi connectivity index (χ1v) is 5.35. The average Bonchev–Trinajstić information content (AvgIpc) is 2.66. The molecule has 3 nitrogen and oxygen atoms in total. The highest BCUT2D eigenvalue weighted by Crippen LogP contribution is 2.26. The van der Waals surface area contributed by atoms with E-state index >= 15 is 0 Å². The Morgan fingerprint density at radius 3 is 2.93 bits per heavy atom. The largest absolute Gasteiger partial charge is 0.481 e. The van der Waals surface area contributed by atoms with E-state index in [1.54, 1.807) is 6.20 Å². The minimum Gasteiger partial charge on any atom is -0.481 e. The van der Waals surface area contributed by atoms with Gasteiger partial charge in [0.25, 0.3) is 0 Å². The van der Waals surface area contributed by atoms with Crippen molar-refractivity contribution in [1.82, 2.24) is 4.98 Å².